The van der Waals surface area contributed by atoms with Crippen LogP contribution >= 0.6 is 0 Å². The summed E-state index contributed by atoms with van der Waals surface area (Å²) in [4.78, 5) is 30.0. The molecule has 2 rings (SSSR count). The van der Waals surface area contributed by atoms with Gasteiger partial charge in [0.2, 0.25) is 5.95 Å². The Balaban J connectivity index is 2.23. The lowest BCUT2D eigenvalue weighted by Crippen LogP contribution is -2.22. The Bertz CT molecular complexity index is 613. The highest BCUT2D eigenvalue weighted by atomic mass is 16.2. The maximum Gasteiger partial charge on any atom is 0.263 e. The Kier molecular flexibility index (Phi) is 2.73. The molecule has 0 unspecified atom stereocenters. The van der Waals surface area contributed by atoms with Gasteiger partial charge in [-0.25, -0.2) is 0 Å². The molecule has 7 nitrogen and oxygen atoms in total. The molecule has 2 aromatic heterocycles. The number of carbonyl (C=O) groups is 1. The van der Waals surface area contributed by atoms with E-state index in [9.17, 15) is 9.59 Å². The Morgan fingerprint density at radius 3 is 2.76 bits per heavy atom. The highest BCUT2D eigenvalue weighted by Gasteiger charge is 2.12. The number of hydrogen-bond donors (Lipinski definition) is 3. The van der Waals surface area contributed by atoms with Gasteiger partial charge in [0, 0.05) is 18.0 Å². The molecule has 0 atom stereocenters. The summed E-state index contributed by atoms with van der Waals surface area (Å²) in [5, 5.41) is 8.76. The van der Waals surface area contributed by atoms with Crippen molar-refractivity contribution in [2.24, 2.45) is 0 Å². The van der Waals surface area contributed by atoms with Crippen LogP contribution in [0.25, 0.3) is 0 Å². The van der Waals surface area contributed by atoms with Gasteiger partial charge in [-0.2, -0.15) is 4.98 Å². The maximum absolute atomic E-state index is 11.7. The lowest BCUT2D eigenvalue weighted by atomic mass is 10.2. The van der Waals surface area contributed by atoms with Gasteiger partial charge in [0.15, 0.2) is 5.43 Å². The van der Waals surface area contributed by atoms with Crippen molar-refractivity contribution < 1.29 is 4.79 Å². The lowest BCUT2D eigenvalue weighted by molar-refractivity contribution is 0.102. The van der Waals surface area contributed by atoms with E-state index in [2.05, 4.69) is 25.5 Å². The zero-order chi connectivity index (χ0) is 12.4. The molecule has 0 aliphatic rings. The second-order valence-corrected chi connectivity index (χ2v) is 3.59. The van der Waals surface area contributed by atoms with Crippen molar-refractivity contribution in [2.45, 2.75) is 13.8 Å². The number of anilines is 1. The minimum Gasteiger partial charge on any atom is -0.364 e. The summed E-state index contributed by atoms with van der Waals surface area (Å²) >= 11 is 0. The summed E-state index contributed by atoms with van der Waals surface area (Å²) in [7, 11) is 0. The number of pyridine rings is 1. The number of carbonyl (C=O) groups excluding carboxylic acids is 1. The number of nitrogens with one attached hydrogen (secondary N) is 3. The van der Waals surface area contributed by atoms with Crippen molar-refractivity contribution in [3.8, 4) is 0 Å². The van der Waals surface area contributed by atoms with Gasteiger partial charge in [-0.05, 0) is 13.8 Å². The third-order valence-electron chi connectivity index (χ3n) is 2.12. The molecule has 0 bridgehead atoms. The molecular weight excluding hydrogens is 222 g/mol. The van der Waals surface area contributed by atoms with Crippen LogP contribution in [0.3, 0.4) is 0 Å². The fraction of sp³-hybridized carbons (Fsp3) is 0.200. The number of hydrogen-bond acceptors (Lipinski definition) is 4. The number of aromatic amines is 2. The number of amides is 1. The molecule has 88 valence electrons. The normalized spacial score (nSPS) is 10.2. The van der Waals surface area contributed by atoms with Gasteiger partial charge in [-0.1, -0.05) is 0 Å². The lowest BCUT2D eigenvalue weighted by Gasteiger charge is -2.00. The van der Waals surface area contributed by atoms with E-state index in [-0.39, 0.29) is 16.9 Å². The van der Waals surface area contributed by atoms with Crippen LogP contribution in [-0.2, 0) is 0 Å². The topological polar surface area (TPSA) is 104 Å². The monoisotopic (exact) mass is 233 g/mol. The maximum atomic E-state index is 11.7. The van der Waals surface area contributed by atoms with Gasteiger partial charge in [0.05, 0.1) is 0 Å². The molecule has 17 heavy (non-hydrogen) atoms. The highest BCUT2D eigenvalue weighted by Crippen LogP contribution is 2.00. The van der Waals surface area contributed by atoms with E-state index < -0.39 is 5.91 Å². The fourth-order valence-corrected chi connectivity index (χ4v) is 1.32. The summed E-state index contributed by atoms with van der Waals surface area (Å²) in [6.45, 7) is 3.45. The second kappa shape index (κ2) is 4.20. The number of aryl methyl sites for hydroxylation is 2. The van der Waals surface area contributed by atoms with E-state index in [1.54, 1.807) is 13.8 Å². The zero-order valence-corrected chi connectivity index (χ0v) is 9.37. The van der Waals surface area contributed by atoms with Crippen LogP contribution in [0.5, 0.6) is 0 Å². The van der Waals surface area contributed by atoms with Gasteiger partial charge < -0.3 is 4.98 Å². The third-order valence-corrected chi connectivity index (χ3v) is 2.12. The first-order valence-electron chi connectivity index (χ1n) is 4.96. The number of aromatic nitrogens is 4. The molecule has 7 heteroatoms. The molecule has 0 fully saturated rings. The number of rotatable bonds is 2. The van der Waals surface area contributed by atoms with E-state index in [0.717, 1.165) is 0 Å². The molecule has 0 aliphatic carbocycles. The van der Waals surface area contributed by atoms with Crippen LogP contribution in [0, 0.1) is 13.8 Å². The minimum absolute atomic E-state index is 0.0260. The molecular formula is C10H11N5O2. The predicted molar refractivity (Wildman–Crippen MR) is 60.9 cm³/mol. The summed E-state index contributed by atoms with van der Waals surface area (Å²) < 4.78 is 0. The molecule has 2 heterocycles. The Hall–Kier alpha value is -2.44. The number of H-pyrrole nitrogens is 2. The number of nitrogens with zero attached hydrogens (tertiary/aromatic N) is 2. The molecule has 3 N–H and O–H groups in total. The van der Waals surface area contributed by atoms with E-state index in [4.69, 9.17) is 0 Å². The molecule has 0 radical (unpaired) electrons. The summed E-state index contributed by atoms with van der Waals surface area (Å²) in [6.07, 6.45) is 1.37. The van der Waals surface area contributed by atoms with Gasteiger partial charge in [-0.15, -0.1) is 5.10 Å². The largest absolute Gasteiger partial charge is 0.364 e. The molecule has 0 spiro atoms. The predicted octanol–water partition coefficient (Wildman–Crippen LogP) is 0.362. The van der Waals surface area contributed by atoms with Gasteiger partial charge >= 0.3 is 0 Å². The Morgan fingerprint density at radius 1 is 1.41 bits per heavy atom. The van der Waals surface area contributed by atoms with Crippen LogP contribution in [0.4, 0.5) is 5.95 Å². The van der Waals surface area contributed by atoms with Crippen LogP contribution in [0.1, 0.15) is 21.9 Å². The van der Waals surface area contributed by atoms with Crippen molar-refractivity contribution in [2.75, 3.05) is 5.32 Å². The first-order valence-corrected chi connectivity index (χ1v) is 4.96. The van der Waals surface area contributed by atoms with Gasteiger partial charge in [0.1, 0.15) is 11.4 Å². The van der Waals surface area contributed by atoms with Crippen molar-refractivity contribution >= 4 is 11.9 Å². The van der Waals surface area contributed by atoms with Crippen LogP contribution in [0.15, 0.2) is 17.1 Å². The van der Waals surface area contributed by atoms with E-state index in [1.807, 2.05) is 0 Å². The highest BCUT2D eigenvalue weighted by molar-refractivity contribution is 6.02. The van der Waals surface area contributed by atoms with Crippen LogP contribution in [0.2, 0.25) is 0 Å². The zero-order valence-electron chi connectivity index (χ0n) is 9.37. The molecule has 2 aromatic rings. The Morgan fingerprint density at radius 2 is 2.18 bits per heavy atom. The third kappa shape index (κ3) is 2.39. The standard InChI is InChI=1S/C10H11N5O2/c1-5-3-8(16)7(4-11-5)9(17)13-10-12-6(2)14-15-10/h3-4H,1-2H3,(H,11,16)(H2,12,13,14,15,17). The molecule has 0 aromatic carbocycles. The van der Waals surface area contributed by atoms with Gasteiger partial charge in [-0.3, -0.25) is 20.0 Å². The molecule has 0 aliphatic heterocycles. The Labute approximate surface area is 96.3 Å². The van der Waals surface area contributed by atoms with Crippen molar-refractivity contribution in [1.29, 1.82) is 0 Å². The van der Waals surface area contributed by atoms with E-state index in [0.29, 0.717) is 11.5 Å². The molecule has 0 saturated carbocycles. The smallest absolute Gasteiger partial charge is 0.263 e. The first kappa shape index (κ1) is 11.1. The average molecular weight is 233 g/mol. The van der Waals surface area contributed by atoms with Crippen molar-refractivity contribution in [1.82, 2.24) is 20.2 Å². The average Bonchev–Trinajstić information content (AvgIpc) is 2.63. The summed E-state index contributed by atoms with van der Waals surface area (Å²) in [6, 6.07) is 1.36. The van der Waals surface area contributed by atoms with Crippen LogP contribution < -0.4 is 10.7 Å². The first-order chi connectivity index (χ1) is 8.06. The quantitative estimate of drug-likeness (QED) is 0.696. The summed E-state index contributed by atoms with van der Waals surface area (Å²) in [5.74, 6) is 0.191. The minimum atomic E-state index is -0.537. The van der Waals surface area contributed by atoms with Gasteiger partial charge in [0.25, 0.3) is 5.91 Å². The van der Waals surface area contributed by atoms with Crippen LogP contribution in [-0.4, -0.2) is 26.1 Å². The van der Waals surface area contributed by atoms with E-state index in [1.165, 1.54) is 12.3 Å². The van der Waals surface area contributed by atoms with Crippen molar-refractivity contribution in [3.63, 3.8) is 0 Å². The SMILES string of the molecule is Cc1cc(=O)c(C(=O)Nc2n[nH]c(C)n2)c[nH]1. The molecule has 0 saturated heterocycles. The van der Waals surface area contributed by atoms with Crippen molar-refractivity contribution in [3.05, 3.63) is 39.6 Å². The summed E-state index contributed by atoms with van der Waals surface area (Å²) in [5.41, 5.74) is 0.379. The fourth-order valence-electron chi connectivity index (χ4n) is 1.32. The second-order valence-electron chi connectivity index (χ2n) is 3.59. The van der Waals surface area contributed by atoms with E-state index >= 15 is 0 Å². The molecule has 1 amide bonds.